The predicted molar refractivity (Wildman–Crippen MR) is 99.6 cm³/mol. The van der Waals surface area contributed by atoms with E-state index in [-0.39, 0.29) is 11.9 Å². The highest BCUT2D eigenvalue weighted by atomic mass is 16.5. The number of hydrogen-bond acceptors (Lipinski definition) is 4. The standard InChI is InChI=1S/C21H25N3O2/c1-26-19-7-4-5-16(11-19)13-23-10-8-17-12-20(23)21(25)24(14-17)15-18-6-2-3-9-22-18/h2-7,9,11,17,20H,8,10,12-15H2,1H3/t17-,20+/m0/s1. The molecule has 5 heteroatoms. The number of piperidine rings is 2. The summed E-state index contributed by atoms with van der Waals surface area (Å²) in [7, 11) is 1.69. The van der Waals surface area contributed by atoms with E-state index in [1.165, 1.54) is 5.56 Å². The fraction of sp³-hybridized carbons (Fsp3) is 0.429. The molecule has 26 heavy (non-hydrogen) atoms. The van der Waals surface area contributed by atoms with Crippen LogP contribution in [0.25, 0.3) is 0 Å². The van der Waals surface area contributed by atoms with Gasteiger partial charge in [0.05, 0.1) is 25.4 Å². The minimum atomic E-state index is -0.0163. The summed E-state index contributed by atoms with van der Waals surface area (Å²) in [5.41, 5.74) is 2.15. The molecule has 1 aromatic heterocycles. The number of nitrogens with zero attached hydrogens (tertiary/aromatic N) is 3. The smallest absolute Gasteiger partial charge is 0.240 e. The number of methoxy groups -OCH3 is 1. The summed E-state index contributed by atoms with van der Waals surface area (Å²) in [6.45, 7) is 3.24. The van der Waals surface area contributed by atoms with Crippen LogP contribution >= 0.6 is 0 Å². The molecule has 0 radical (unpaired) electrons. The Morgan fingerprint density at radius 3 is 2.92 bits per heavy atom. The highest BCUT2D eigenvalue weighted by Crippen LogP contribution is 2.32. The first-order chi connectivity index (χ1) is 12.7. The summed E-state index contributed by atoms with van der Waals surface area (Å²) in [5.74, 6) is 1.71. The van der Waals surface area contributed by atoms with Crippen LogP contribution in [0, 0.1) is 5.92 Å². The van der Waals surface area contributed by atoms with Gasteiger partial charge in [0.2, 0.25) is 5.91 Å². The minimum absolute atomic E-state index is 0.0163. The van der Waals surface area contributed by atoms with E-state index in [2.05, 4.69) is 22.0 Å². The van der Waals surface area contributed by atoms with Crippen LogP contribution < -0.4 is 4.74 Å². The van der Waals surface area contributed by atoms with Gasteiger partial charge in [-0.05, 0) is 55.1 Å². The third kappa shape index (κ3) is 3.58. The molecule has 2 aromatic rings. The maximum absolute atomic E-state index is 13.1. The van der Waals surface area contributed by atoms with Gasteiger partial charge < -0.3 is 9.64 Å². The highest BCUT2D eigenvalue weighted by Gasteiger charge is 2.41. The third-order valence-corrected chi connectivity index (χ3v) is 5.50. The van der Waals surface area contributed by atoms with Crippen molar-refractivity contribution in [2.75, 3.05) is 20.2 Å². The lowest BCUT2D eigenvalue weighted by Gasteiger charge is -2.46. The summed E-state index contributed by atoms with van der Waals surface area (Å²) in [6, 6.07) is 14.0. The van der Waals surface area contributed by atoms with Crippen molar-refractivity contribution in [3.63, 3.8) is 0 Å². The number of likely N-dealkylation sites (tertiary alicyclic amines) is 2. The number of fused-ring (bicyclic) bond motifs is 2. The van der Waals surface area contributed by atoms with E-state index in [9.17, 15) is 4.79 Å². The SMILES string of the molecule is COc1cccc(CN2CC[C@H]3C[C@@H]2C(=O)N(Cc2ccccn2)C3)c1. The van der Waals surface area contributed by atoms with Crippen molar-refractivity contribution in [3.8, 4) is 5.75 Å². The second-order valence-electron chi connectivity index (χ2n) is 7.27. The van der Waals surface area contributed by atoms with Gasteiger partial charge in [-0.1, -0.05) is 18.2 Å². The van der Waals surface area contributed by atoms with E-state index < -0.39 is 0 Å². The van der Waals surface area contributed by atoms with Crippen LogP contribution in [-0.2, 0) is 17.9 Å². The van der Waals surface area contributed by atoms with Gasteiger partial charge >= 0.3 is 0 Å². The first-order valence-electron chi connectivity index (χ1n) is 9.28. The Balaban J connectivity index is 1.48. The molecule has 0 unspecified atom stereocenters. The van der Waals surface area contributed by atoms with Crippen LogP contribution in [0.15, 0.2) is 48.7 Å². The Hall–Kier alpha value is -2.40. The summed E-state index contributed by atoms with van der Waals surface area (Å²) in [4.78, 5) is 21.8. The summed E-state index contributed by atoms with van der Waals surface area (Å²) in [6.07, 6.45) is 3.91. The van der Waals surface area contributed by atoms with Gasteiger partial charge in [0, 0.05) is 19.3 Å². The normalized spacial score (nSPS) is 23.1. The molecule has 2 saturated heterocycles. The maximum atomic E-state index is 13.1. The maximum Gasteiger partial charge on any atom is 0.240 e. The molecular weight excluding hydrogens is 326 g/mol. The molecule has 2 atom stereocenters. The zero-order chi connectivity index (χ0) is 17.9. The fourth-order valence-electron chi connectivity index (χ4n) is 4.15. The summed E-state index contributed by atoms with van der Waals surface area (Å²) < 4.78 is 5.33. The topological polar surface area (TPSA) is 45.7 Å². The Morgan fingerprint density at radius 1 is 1.19 bits per heavy atom. The Labute approximate surface area is 154 Å². The van der Waals surface area contributed by atoms with Crippen LogP contribution in [0.2, 0.25) is 0 Å². The van der Waals surface area contributed by atoms with E-state index in [4.69, 9.17) is 4.74 Å². The average molecular weight is 351 g/mol. The van der Waals surface area contributed by atoms with Crippen molar-refractivity contribution in [1.82, 2.24) is 14.8 Å². The molecular formula is C21H25N3O2. The van der Waals surface area contributed by atoms with Crippen molar-refractivity contribution in [1.29, 1.82) is 0 Å². The summed E-state index contributed by atoms with van der Waals surface area (Å²) in [5, 5.41) is 0. The lowest BCUT2D eigenvalue weighted by Crippen LogP contribution is -2.58. The molecule has 1 aromatic carbocycles. The second-order valence-corrected chi connectivity index (χ2v) is 7.27. The van der Waals surface area contributed by atoms with Crippen LogP contribution in [0.5, 0.6) is 5.75 Å². The number of carbonyl (C=O) groups excluding carboxylic acids is 1. The molecule has 2 aliphatic heterocycles. The molecule has 4 rings (SSSR count). The van der Waals surface area contributed by atoms with Crippen LogP contribution in [0.3, 0.4) is 0 Å². The van der Waals surface area contributed by atoms with E-state index in [1.807, 2.05) is 35.2 Å². The molecule has 2 fully saturated rings. The Kier molecular flexibility index (Phi) is 4.89. The van der Waals surface area contributed by atoms with Crippen LogP contribution in [0.4, 0.5) is 0 Å². The van der Waals surface area contributed by atoms with Crippen molar-refractivity contribution < 1.29 is 9.53 Å². The monoisotopic (exact) mass is 351 g/mol. The van der Waals surface area contributed by atoms with E-state index in [0.717, 1.165) is 43.9 Å². The van der Waals surface area contributed by atoms with Gasteiger partial charge in [0.1, 0.15) is 5.75 Å². The van der Waals surface area contributed by atoms with Gasteiger partial charge in [0.15, 0.2) is 0 Å². The van der Waals surface area contributed by atoms with Gasteiger partial charge in [-0.15, -0.1) is 0 Å². The number of rotatable bonds is 5. The van der Waals surface area contributed by atoms with Gasteiger partial charge in [0.25, 0.3) is 0 Å². The molecule has 1 amide bonds. The second kappa shape index (κ2) is 7.46. The molecule has 0 N–H and O–H groups in total. The van der Waals surface area contributed by atoms with E-state index >= 15 is 0 Å². The molecule has 0 spiro atoms. The molecule has 2 bridgehead atoms. The zero-order valence-corrected chi connectivity index (χ0v) is 15.2. The zero-order valence-electron chi connectivity index (χ0n) is 15.2. The molecule has 0 saturated carbocycles. The number of hydrogen-bond donors (Lipinski definition) is 0. The minimum Gasteiger partial charge on any atom is -0.497 e. The lowest BCUT2D eigenvalue weighted by atomic mass is 9.85. The molecule has 0 aliphatic carbocycles. The van der Waals surface area contributed by atoms with E-state index in [0.29, 0.717) is 12.5 Å². The van der Waals surface area contributed by atoms with Crippen molar-refractivity contribution >= 4 is 5.91 Å². The molecule has 5 nitrogen and oxygen atoms in total. The number of pyridine rings is 1. The van der Waals surface area contributed by atoms with Gasteiger partial charge in [-0.25, -0.2) is 0 Å². The van der Waals surface area contributed by atoms with Crippen LogP contribution in [0.1, 0.15) is 24.1 Å². The predicted octanol–water partition coefficient (Wildman–Crippen LogP) is 2.71. The number of aromatic nitrogens is 1. The van der Waals surface area contributed by atoms with Crippen molar-refractivity contribution in [3.05, 3.63) is 59.9 Å². The first kappa shape index (κ1) is 17.0. The van der Waals surface area contributed by atoms with Gasteiger partial charge in [-0.3, -0.25) is 14.7 Å². The molecule has 3 heterocycles. The Morgan fingerprint density at radius 2 is 2.12 bits per heavy atom. The first-order valence-corrected chi connectivity index (χ1v) is 9.28. The largest absolute Gasteiger partial charge is 0.497 e. The highest BCUT2D eigenvalue weighted by molar-refractivity contribution is 5.83. The average Bonchev–Trinajstić information content (AvgIpc) is 2.68. The van der Waals surface area contributed by atoms with Crippen molar-refractivity contribution in [2.45, 2.75) is 32.0 Å². The Bertz CT molecular complexity index is 765. The molecule has 136 valence electrons. The van der Waals surface area contributed by atoms with Gasteiger partial charge in [-0.2, -0.15) is 0 Å². The van der Waals surface area contributed by atoms with E-state index in [1.54, 1.807) is 13.3 Å². The number of ether oxygens (including phenoxy) is 1. The summed E-state index contributed by atoms with van der Waals surface area (Å²) >= 11 is 0. The number of amides is 1. The van der Waals surface area contributed by atoms with Crippen LogP contribution in [-0.4, -0.2) is 46.9 Å². The quantitative estimate of drug-likeness (QED) is 0.831. The lowest BCUT2D eigenvalue weighted by molar-refractivity contribution is -0.146. The number of carbonyl (C=O) groups is 1. The number of benzene rings is 1. The third-order valence-electron chi connectivity index (χ3n) is 5.50. The van der Waals surface area contributed by atoms with Crippen molar-refractivity contribution in [2.24, 2.45) is 5.92 Å². The fourth-order valence-corrected chi connectivity index (χ4v) is 4.15. The molecule has 2 aliphatic rings.